The van der Waals surface area contributed by atoms with Crippen LogP contribution in [0, 0.1) is 0 Å². The molecule has 2 aliphatic rings. The molecule has 2 atom stereocenters. The number of hydrogen-bond donors (Lipinski definition) is 1. The predicted molar refractivity (Wildman–Crippen MR) is 86.1 cm³/mol. The maximum atomic E-state index is 5.78. The van der Waals surface area contributed by atoms with Crippen LogP contribution in [0.2, 0.25) is 0 Å². The van der Waals surface area contributed by atoms with Gasteiger partial charge in [0.25, 0.3) is 0 Å². The Bertz CT molecular complexity index is 427. The van der Waals surface area contributed by atoms with Crippen LogP contribution in [0.3, 0.4) is 0 Å². The molecule has 0 spiro atoms. The molecule has 0 aromatic heterocycles. The van der Waals surface area contributed by atoms with Gasteiger partial charge in [0.15, 0.2) is 0 Å². The molecule has 0 bridgehead atoms. The van der Waals surface area contributed by atoms with E-state index in [1.165, 1.54) is 48.6 Å². The molecule has 2 nitrogen and oxygen atoms in total. The second kappa shape index (κ2) is 7.06. The number of halogens is 1. The highest BCUT2D eigenvalue weighted by molar-refractivity contribution is 9.10. The first-order valence-corrected chi connectivity index (χ1v) is 8.71. The van der Waals surface area contributed by atoms with Crippen molar-refractivity contribution < 1.29 is 4.74 Å². The van der Waals surface area contributed by atoms with E-state index in [4.69, 9.17) is 4.74 Å². The van der Waals surface area contributed by atoms with Crippen LogP contribution in [-0.4, -0.2) is 25.3 Å². The van der Waals surface area contributed by atoms with Gasteiger partial charge in [0.2, 0.25) is 0 Å². The molecule has 0 radical (unpaired) electrons. The normalized spacial score (nSPS) is 23.9. The monoisotopic (exact) mass is 337 g/mol. The van der Waals surface area contributed by atoms with E-state index >= 15 is 0 Å². The van der Waals surface area contributed by atoms with Crippen LogP contribution in [0.5, 0.6) is 0 Å². The molecule has 1 saturated heterocycles. The standard InChI is InChI=1S/C17H24BrNO/c18-17-6-2-1-5-16(17)13(12-19-14-8-9-14)7-10-15-4-3-11-20-15/h1-2,5-6,13-15,19H,3-4,7-12H2. The average Bonchev–Trinajstić information content (AvgIpc) is 3.14. The van der Waals surface area contributed by atoms with Crippen molar-refractivity contribution >= 4 is 15.9 Å². The highest BCUT2D eigenvalue weighted by atomic mass is 79.9. The molecule has 1 aromatic rings. The summed E-state index contributed by atoms with van der Waals surface area (Å²) in [6, 6.07) is 9.45. The van der Waals surface area contributed by atoms with Crippen LogP contribution in [0.15, 0.2) is 28.7 Å². The molecule has 2 fully saturated rings. The van der Waals surface area contributed by atoms with E-state index in [0.29, 0.717) is 12.0 Å². The zero-order valence-electron chi connectivity index (χ0n) is 12.0. The summed E-state index contributed by atoms with van der Waals surface area (Å²) in [4.78, 5) is 0. The Morgan fingerprint density at radius 3 is 2.80 bits per heavy atom. The van der Waals surface area contributed by atoms with Gasteiger partial charge in [-0.3, -0.25) is 0 Å². The van der Waals surface area contributed by atoms with Crippen molar-refractivity contribution in [2.75, 3.05) is 13.2 Å². The summed E-state index contributed by atoms with van der Waals surface area (Å²) in [7, 11) is 0. The van der Waals surface area contributed by atoms with Crippen LogP contribution in [0.4, 0.5) is 0 Å². The third-order valence-corrected chi connectivity index (χ3v) is 5.16. The summed E-state index contributed by atoms with van der Waals surface area (Å²) in [6.45, 7) is 2.06. The minimum absolute atomic E-state index is 0.501. The van der Waals surface area contributed by atoms with Crippen molar-refractivity contribution in [3.63, 3.8) is 0 Å². The van der Waals surface area contributed by atoms with Gasteiger partial charge in [-0.1, -0.05) is 34.1 Å². The fraction of sp³-hybridized carbons (Fsp3) is 0.647. The van der Waals surface area contributed by atoms with Crippen molar-refractivity contribution in [2.45, 2.75) is 56.6 Å². The second-order valence-corrected chi connectivity index (χ2v) is 6.97. The number of rotatable bonds is 7. The SMILES string of the molecule is Brc1ccccc1C(CCC1CCCO1)CNC1CC1. The van der Waals surface area contributed by atoms with Gasteiger partial charge in [0, 0.05) is 23.7 Å². The Kier molecular flexibility index (Phi) is 5.14. The van der Waals surface area contributed by atoms with Crippen molar-refractivity contribution in [3.05, 3.63) is 34.3 Å². The highest BCUT2D eigenvalue weighted by Gasteiger charge is 2.24. The Labute approximate surface area is 130 Å². The Balaban J connectivity index is 1.60. The van der Waals surface area contributed by atoms with Crippen LogP contribution in [-0.2, 0) is 4.74 Å². The number of ether oxygens (including phenoxy) is 1. The molecule has 1 heterocycles. The topological polar surface area (TPSA) is 21.3 Å². The smallest absolute Gasteiger partial charge is 0.0576 e. The van der Waals surface area contributed by atoms with Crippen LogP contribution >= 0.6 is 15.9 Å². The first kappa shape index (κ1) is 14.6. The van der Waals surface area contributed by atoms with Gasteiger partial charge in [-0.05, 0) is 56.1 Å². The molecular formula is C17H24BrNO. The van der Waals surface area contributed by atoms with E-state index in [9.17, 15) is 0 Å². The van der Waals surface area contributed by atoms with Crippen molar-refractivity contribution in [3.8, 4) is 0 Å². The van der Waals surface area contributed by atoms with Gasteiger partial charge in [-0.25, -0.2) is 0 Å². The molecule has 110 valence electrons. The molecule has 2 unspecified atom stereocenters. The lowest BCUT2D eigenvalue weighted by molar-refractivity contribution is 0.100. The Hall–Kier alpha value is -0.380. The van der Waals surface area contributed by atoms with E-state index in [1.807, 2.05) is 0 Å². The molecule has 0 amide bonds. The van der Waals surface area contributed by atoms with E-state index in [2.05, 4.69) is 45.5 Å². The second-order valence-electron chi connectivity index (χ2n) is 6.11. The fourth-order valence-electron chi connectivity index (χ4n) is 3.03. The van der Waals surface area contributed by atoms with Gasteiger partial charge in [-0.15, -0.1) is 0 Å². The lowest BCUT2D eigenvalue weighted by Gasteiger charge is -2.21. The van der Waals surface area contributed by atoms with Gasteiger partial charge in [0.1, 0.15) is 0 Å². The molecule has 3 heteroatoms. The lowest BCUT2D eigenvalue weighted by Crippen LogP contribution is -2.24. The Morgan fingerprint density at radius 2 is 2.10 bits per heavy atom. The fourth-order valence-corrected chi connectivity index (χ4v) is 3.64. The first-order valence-electron chi connectivity index (χ1n) is 7.92. The molecule has 1 aliphatic heterocycles. The van der Waals surface area contributed by atoms with Crippen LogP contribution in [0.1, 0.15) is 50.0 Å². The van der Waals surface area contributed by atoms with E-state index in [1.54, 1.807) is 0 Å². The highest BCUT2D eigenvalue weighted by Crippen LogP contribution is 2.31. The predicted octanol–water partition coefficient (Wildman–Crippen LogP) is 4.24. The average molecular weight is 338 g/mol. The molecule has 1 aromatic carbocycles. The van der Waals surface area contributed by atoms with Crippen molar-refractivity contribution in [2.24, 2.45) is 0 Å². The number of nitrogens with one attached hydrogen (secondary N) is 1. The number of hydrogen-bond acceptors (Lipinski definition) is 2. The summed E-state index contributed by atoms with van der Waals surface area (Å²) >= 11 is 3.71. The van der Waals surface area contributed by atoms with Gasteiger partial charge >= 0.3 is 0 Å². The summed E-state index contributed by atoms with van der Waals surface area (Å²) in [6.07, 6.45) is 8.11. The molecule has 1 aliphatic carbocycles. The van der Waals surface area contributed by atoms with E-state index in [0.717, 1.165) is 19.2 Å². The summed E-state index contributed by atoms with van der Waals surface area (Å²) < 4.78 is 7.02. The summed E-state index contributed by atoms with van der Waals surface area (Å²) in [5, 5.41) is 3.70. The molecule has 20 heavy (non-hydrogen) atoms. The molecular weight excluding hydrogens is 314 g/mol. The summed E-state index contributed by atoms with van der Waals surface area (Å²) in [5.74, 6) is 0.593. The van der Waals surface area contributed by atoms with Crippen LogP contribution < -0.4 is 5.32 Å². The van der Waals surface area contributed by atoms with Gasteiger partial charge in [-0.2, -0.15) is 0 Å². The minimum atomic E-state index is 0.501. The van der Waals surface area contributed by atoms with Crippen molar-refractivity contribution in [1.29, 1.82) is 0 Å². The van der Waals surface area contributed by atoms with E-state index < -0.39 is 0 Å². The number of benzene rings is 1. The van der Waals surface area contributed by atoms with Gasteiger partial charge < -0.3 is 10.1 Å². The third-order valence-electron chi connectivity index (χ3n) is 4.44. The maximum absolute atomic E-state index is 5.78. The zero-order valence-corrected chi connectivity index (χ0v) is 13.6. The maximum Gasteiger partial charge on any atom is 0.0576 e. The zero-order chi connectivity index (χ0) is 13.8. The lowest BCUT2D eigenvalue weighted by atomic mass is 9.92. The van der Waals surface area contributed by atoms with E-state index in [-0.39, 0.29) is 0 Å². The Morgan fingerprint density at radius 1 is 1.25 bits per heavy atom. The molecule has 3 rings (SSSR count). The van der Waals surface area contributed by atoms with Crippen LogP contribution in [0.25, 0.3) is 0 Å². The quantitative estimate of drug-likeness (QED) is 0.803. The third kappa shape index (κ3) is 4.06. The minimum Gasteiger partial charge on any atom is -0.378 e. The van der Waals surface area contributed by atoms with Crippen molar-refractivity contribution in [1.82, 2.24) is 5.32 Å². The first-order chi connectivity index (χ1) is 9.83. The molecule has 1 N–H and O–H groups in total. The largest absolute Gasteiger partial charge is 0.378 e. The molecule has 1 saturated carbocycles. The summed E-state index contributed by atoms with van der Waals surface area (Å²) in [5.41, 5.74) is 1.44. The van der Waals surface area contributed by atoms with Gasteiger partial charge in [0.05, 0.1) is 6.10 Å².